The van der Waals surface area contributed by atoms with Crippen molar-refractivity contribution in [2.75, 3.05) is 11.5 Å². The summed E-state index contributed by atoms with van der Waals surface area (Å²) in [6.45, 7) is 0. The van der Waals surface area contributed by atoms with Crippen molar-refractivity contribution in [1.82, 2.24) is 0 Å². The second-order valence-corrected chi connectivity index (χ2v) is 6.11. The van der Waals surface area contributed by atoms with Crippen molar-refractivity contribution in [2.24, 2.45) is 5.92 Å². The second-order valence-electron chi connectivity index (χ2n) is 5.08. The molecule has 0 atom stereocenters. The van der Waals surface area contributed by atoms with Crippen molar-refractivity contribution < 1.29 is 13.2 Å². The van der Waals surface area contributed by atoms with Crippen LogP contribution in [-0.2, 0) is 11.9 Å². The highest BCUT2D eigenvalue weighted by atomic mass is 32.2. The molecule has 0 heterocycles. The van der Waals surface area contributed by atoms with Crippen LogP contribution >= 0.6 is 11.8 Å². The van der Waals surface area contributed by atoms with E-state index in [0.717, 1.165) is 11.8 Å². The molecule has 0 spiro atoms. The maximum absolute atomic E-state index is 12.9. The van der Waals surface area contributed by atoms with Crippen molar-refractivity contribution in [3.63, 3.8) is 0 Å². The second kappa shape index (κ2) is 6.07. The average Bonchev–Trinajstić information content (AvgIpc) is 2.83. The highest BCUT2D eigenvalue weighted by Gasteiger charge is 2.33. The first-order valence-corrected chi connectivity index (χ1v) is 7.65. The fraction of sp³-hybridized carbons (Fsp3) is 0.571. The van der Waals surface area contributed by atoms with E-state index in [2.05, 4.69) is 0 Å². The van der Waals surface area contributed by atoms with Crippen LogP contribution in [0.15, 0.2) is 18.2 Å². The first kappa shape index (κ1) is 14.6. The van der Waals surface area contributed by atoms with E-state index in [9.17, 15) is 13.2 Å². The summed E-state index contributed by atoms with van der Waals surface area (Å²) >= 11 is 1.60. The highest BCUT2D eigenvalue weighted by Crippen LogP contribution is 2.36. The van der Waals surface area contributed by atoms with Gasteiger partial charge < -0.3 is 5.73 Å². The van der Waals surface area contributed by atoms with Crippen LogP contribution in [0.3, 0.4) is 0 Å². The van der Waals surface area contributed by atoms with E-state index in [1.165, 1.54) is 31.7 Å². The quantitative estimate of drug-likeness (QED) is 0.812. The number of hydrogen-bond donors (Lipinski definition) is 1. The van der Waals surface area contributed by atoms with Gasteiger partial charge in [0.25, 0.3) is 0 Å². The van der Waals surface area contributed by atoms with Crippen LogP contribution in [0.2, 0.25) is 0 Å². The molecule has 0 aromatic heterocycles. The number of anilines is 1. The van der Waals surface area contributed by atoms with Gasteiger partial charge in [-0.15, -0.1) is 0 Å². The van der Waals surface area contributed by atoms with Crippen LogP contribution in [0.4, 0.5) is 18.9 Å². The summed E-state index contributed by atoms with van der Waals surface area (Å²) in [6.07, 6.45) is 0.655. The van der Waals surface area contributed by atoms with Crippen molar-refractivity contribution in [3.8, 4) is 0 Å². The third kappa shape index (κ3) is 4.06. The summed E-state index contributed by atoms with van der Waals surface area (Å²) in [5.41, 5.74) is 5.36. The summed E-state index contributed by atoms with van der Waals surface area (Å²) in [7, 11) is 0. The fourth-order valence-corrected chi connectivity index (χ4v) is 3.75. The Labute approximate surface area is 115 Å². The first-order valence-electron chi connectivity index (χ1n) is 6.50. The lowest BCUT2D eigenvalue weighted by atomic mass is 10.1. The Kier molecular flexibility index (Phi) is 4.66. The van der Waals surface area contributed by atoms with Gasteiger partial charge in [0.15, 0.2) is 0 Å². The van der Waals surface area contributed by atoms with E-state index in [1.807, 2.05) is 0 Å². The van der Waals surface area contributed by atoms with Gasteiger partial charge in [-0.3, -0.25) is 0 Å². The standard InChI is InChI=1S/C14H18F3NS/c15-14(16,17)13-7-12(18)6-5-11(13)9-19-8-10-3-1-2-4-10/h5-7,10H,1-4,8-9,18H2. The molecule has 2 N–H and O–H groups in total. The summed E-state index contributed by atoms with van der Waals surface area (Å²) in [6, 6.07) is 4.08. The molecule has 1 aromatic carbocycles. The zero-order valence-electron chi connectivity index (χ0n) is 10.7. The van der Waals surface area contributed by atoms with Crippen molar-refractivity contribution >= 4 is 17.4 Å². The third-order valence-corrected chi connectivity index (χ3v) is 4.75. The maximum Gasteiger partial charge on any atom is 0.416 e. The smallest absolute Gasteiger partial charge is 0.399 e. The van der Waals surface area contributed by atoms with Crippen LogP contribution in [0.1, 0.15) is 36.8 Å². The summed E-state index contributed by atoms with van der Waals surface area (Å²) < 4.78 is 38.7. The van der Waals surface area contributed by atoms with Gasteiger partial charge in [-0.1, -0.05) is 18.9 Å². The normalized spacial score (nSPS) is 17.0. The summed E-state index contributed by atoms with van der Waals surface area (Å²) in [5, 5.41) is 0. The van der Waals surface area contributed by atoms with Crippen LogP contribution < -0.4 is 5.73 Å². The number of nitrogens with two attached hydrogens (primary N) is 1. The monoisotopic (exact) mass is 289 g/mol. The minimum absolute atomic E-state index is 0.164. The highest BCUT2D eigenvalue weighted by molar-refractivity contribution is 7.98. The zero-order chi connectivity index (χ0) is 13.9. The molecule has 1 aromatic rings. The summed E-state index contributed by atoms with van der Waals surface area (Å²) in [5.74, 6) is 2.06. The molecule has 0 unspecified atom stereocenters. The molecule has 106 valence electrons. The largest absolute Gasteiger partial charge is 0.416 e. The molecular formula is C14H18F3NS. The number of rotatable bonds is 4. The number of halogens is 3. The molecule has 0 bridgehead atoms. The molecule has 5 heteroatoms. The fourth-order valence-electron chi connectivity index (χ4n) is 2.50. The molecule has 2 rings (SSSR count). The van der Waals surface area contributed by atoms with E-state index >= 15 is 0 Å². The van der Waals surface area contributed by atoms with Gasteiger partial charge in [0.1, 0.15) is 0 Å². The topological polar surface area (TPSA) is 26.0 Å². The SMILES string of the molecule is Nc1ccc(CSCC2CCCC2)c(C(F)(F)F)c1. The van der Waals surface area contributed by atoms with Crippen LogP contribution in [-0.4, -0.2) is 5.75 Å². The van der Waals surface area contributed by atoms with Crippen LogP contribution in [0, 0.1) is 5.92 Å². The van der Waals surface area contributed by atoms with Gasteiger partial charge in [-0.25, -0.2) is 0 Å². The maximum atomic E-state index is 12.9. The van der Waals surface area contributed by atoms with Crippen LogP contribution in [0.5, 0.6) is 0 Å². The number of nitrogen functional groups attached to an aromatic ring is 1. The lowest BCUT2D eigenvalue weighted by Crippen LogP contribution is -2.10. The molecule has 1 aliphatic carbocycles. The molecule has 1 fully saturated rings. The van der Waals surface area contributed by atoms with E-state index in [4.69, 9.17) is 5.73 Å². The molecule has 1 nitrogen and oxygen atoms in total. The predicted molar refractivity (Wildman–Crippen MR) is 74.0 cm³/mol. The molecule has 19 heavy (non-hydrogen) atoms. The van der Waals surface area contributed by atoms with E-state index in [0.29, 0.717) is 17.2 Å². The van der Waals surface area contributed by atoms with Gasteiger partial charge in [0.05, 0.1) is 5.56 Å². The minimum Gasteiger partial charge on any atom is -0.399 e. The molecule has 0 radical (unpaired) electrons. The Morgan fingerprint density at radius 1 is 1.21 bits per heavy atom. The lowest BCUT2D eigenvalue weighted by Gasteiger charge is -2.14. The number of benzene rings is 1. The van der Waals surface area contributed by atoms with Crippen LogP contribution in [0.25, 0.3) is 0 Å². The number of hydrogen-bond acceptors (Lipinski definition) is 2. The van der Waals surface area contributed by atoms with Gasteiger partial charge in [0, 0.05) is 11.4 Å². The summed E-state index contributed by atoms with van der Waals surface area (Å²) in [4.78, 5) is 0. The Balaban J connectivity index is 1.98. The lowest BCUT2D eigenvalue weighted by molar-refractivity contribution is -0.138. The Hall–Kier alpha value is -0.840. The molecule has 0 amide bonds. The Bertz CT molecular complexity index is 425. The third-order valence-electron chi connectivity index (χ3n) is 3.53. The average molecular weight is 289 g/mol. The van der Waals surface area contributed by atoms with Crippen molar-refractivity contribution in [3.05, 3.63) is 29.3 Å². The number of alkyl halides is 3. The Morgan fingerprint density at radius 3 is 2.53 bits per heavy atom. The predicted octanol–water partition coefficient (Wildman–Crippen LogP) is 4.71. The first-order chi connectivity index (χ1) is 8.97. The number of thioether (sulfide) groups is 1. The van der Waals surface area contributed by atoms with Crippen molar-refractivity contribution in [2.45, 2.75) is 37.6 Å². The van der Waals surface area contributed by atoms with E-state index in [-0.39, 0.29) is 5.69 Å². The van der Waals surface area contributed by atoms with Gasteiger partial charge in [-0.2, -0.15) is 24.9 Å². The molecule has 1 saturated carbocycles. The van der Waals surface area contributed by atoms with Gasteiger partial charge in [-0.05, 0) is 42.2 Å². The molecule has 0 aliphatic heterocycles. The van der Waals surface area contributed by atoms with Crippen molar-refractivity contribution in [1.29, 1.82) is 0 Å². The zero-order valence-corrected chi connectivity index (χ0v) is 11.5. The van der Waals surface area contributed by atoms with Gasteiger partial charge >= 0.3 is 6.18 Å². The van der Waals surface area contributed by atoms with E-state index < -0.39 is 11.7 Å². The van der Waals surface area contributed by atoms with E-state index in [1.54, 1.807) is 17.8 Å². The minimum atomic E-state index is -4.32. The van der Waals surface area contributed by atoms with Gasteiger partial charge in [0.2, 0.25) is 0 Å². The molecule has 0 saturated heterocycles. The Morgan fingerprint density at radius 2 is 1.89 bits per heavy atom. The molecule has 1 aliphatic rings. The molecular weight excluding hydrogens is 271 g/mol.